The lowest BCUT2D eigenvalue weighted by Crippen LogP contribution is -1.83. The molecule has 8 rings (SSSR count). The molecule has 1 N–H and O–H groups in total. The van der Waals surface area contributed by atoms with Gasteiger partial charge in [0.1, 0.15) is 11.2 Å². The number of para-hydroxylation sites is 2. The Morgan fingerprint density at radius 2 is 1.08 bits per heavy atom. The van der Waals surface area contributed by atoms with Crippen LogP contribution in [0.4, 0.5) is 0 Å². The van der Waals surface area contributed by atoms with Crippen LogP contribution >= 0.6 is 0 Å². The first-order chi connectivity index (χ1) is 18.8. The Bertz CT molecular complexity index is 2130. The van der Waals surface area contributed by atoms with E-state index in [1.54, 1.807) is 0 Å². The molecule has 0 unspecified atom stereocenters. The monoisotopic (exact) mass is 485 g/mol. The fourth-order valence-corrected chi connectivity index (χ4v) is 5.74. The second kappa shape index (κ2) is 8.22. The fraction of sp³-hybridized carbons (Fsp3) is 0. The number of aromatic amines is 1. The first-order valence-electron chi connectivity index (χ1n) is 12.9. The Hall–Kier alpha value is -5.08. The van der Waals surface area contributed by atoms with Crippen LogP contribution < -0.4 is 0 Å². The number of hydrogen-bond donors (Lipinski definition) is 1. The van der Waals surface area contributed by atoms with Crippen LogP contribution in [-0.4, -0.2) is 4.98 Å². The molecule has 0 amide bonds. The van der Waals surface area contributed by atoms with E-state index in [0.717, 1.165) is 38.5 Å². The molecule has 0 aliphatic rings. The van der Waals surface area contributed by atoms with E-state index in [2.05, 4.69) is 126 Å². The summed E-state index contributed by atoms with van der Waals surface area (Å²) in [6.07, 6.45) is 0. The van der Waals surface area contributed by atoms with Crippen molar-refractivity contribution in [2.45, 2.75) is 0 Å². The maximum Gasteiger partial charge on any atom is 0.136 e. The zero-order chi connectivity index (χ0) is 25.1. The largest absolute Gasteiger partial charge is 0.456 e. The lowest BCUT2D eigenvalue weighted by Gasteiger charge is -2.08. The number of furan rings is 1. The smallest absolute Gasteiger partial charge is 0.136 e. The molecule has 0 aliphatic carbocycles. The van der Waals surface area contributed by atoms with Crippen molar-refractivity contribution in [2.75, 3.05) is 0 Å². The van der Waals surface area contributed by atoms with Crippen molar-refractivity contribution in [3.8, 4) is 33.4 Å². The fourth-order valence-electron chi connectivity index (χ4n) is 5.74. The van der Waals surface area contributed by atoms with Crippen molar-refractivity contribution in [3.63, 3.8) is 0 Å². The number of H-pyrrole nitrogens is 1. The summed E-state index contributed by atoms with van der Waals surface area (Å²) in [5.41, 5.74) is 11.3. The maximum atomic E-state index is 6.16. The Balaban J connectivity index is 1.25. The quantitative estimate of drug-likeness (QED) is 0.265. The molecule has 0 spiro atoms. The van der Waals surface area contributed by atoms with Gasteiger partial charge in [0.25, 0.3) is 0 Å². The first kappa shape index (κ1) is 21.0. The van der Waals surface area contributed by atoms with Gasteiger partial charge in [-0.1, -0.05) is 97.1 Å². The molecule has 0 bridgehead atoms. The van der Waals surface area contributed by atoms with Crippen LogP contribution in [0.15, 0.2) is 138 Å². The van der Waals surface area contributed by atoms with Gasteiger partial charge in [0.2, 0.25) is 0 Å². The molecule has 8 aromatic rings. The molecule has 2 heterocycles. The molecule has 0 saturated carbocycles. The van der Waals surface area contributed by atoms with Gasteiger partial charge in [-0.3, -0.25) is 0 Å². The van der Waals surface area contributed by atoms with Crippen molar-refractivity contribution in [1.29, 1.82) is 0 Å². The van der Waals surface area contributed by atoms with Crippen molar-refractivity contribution >= 4 is 43.7 Å². The zero-order valence-electron chi connectivity index (χ0n) is 20.6. The first-order valence-corrected chi connectivity index (χ1v) is 12.9. The molecular formula is C36H23NO. The summed E-state index contributed by atoms with van der Waals surface area (Å²) in [6.45, 7) is 0. The molecule has 2 heteroatoms. The Morgan fingerprint density at radius 1 is 0.395 bits per heavy atom. The van der Waals surface area contributed by atoms with Crippen molar-refractivity contribution in [2.24, 2.45) is 0 Å². The maximum absolute atomic E-state index is 6.16. The van der Waals surface area contributed by atoms with E-state index in [4.69, 9.17) is 4.42 Å². The second-order valence-electron chi connectivity index (χ2n) is 9.87. The molecule has 178 valence electrons. The van der Waals surface area contributed by atoms with E-state index in [-0.39, 0.29) is 0 Å². The molecule has 0 radical (unpaired) electrons. The summed E-state index contributed by atoms with van der Waals surface area (Å²) >= 11 is 0. The van der Waals surface area contributed by atoms with Crippen LogP contribution in [0.2, 0.25) is 0 Å². The molecule has 0 aliphatic heterocycles. The Morgan fingerprint density at radius 3 is 2.03 bits per heavy atom. The van der Waals surface area contributed by atoms with Gasteiger partial charge < -0.3 is 9.40 Å². The number of benzene rings is 6. The third kappa shape index (κ3) is 3.28. The minimum absolute atomic E-state index is 0.918. The summed E-state index contributed by atoms with van der Waals surface area (Å²) in [5.74, 6) is 0. The van der Waals surface area contributed by atoms with Crippen LogP contribution in [0.25, 0.3) is 77.1 Å². The predicted molar refractivity (Wildman–Crippen MR) is 159 cm³/mol. The Labute approximate surface area is 219 Å². The van der Waals surface area contributed by atoms with Gasteiger partial charge in [0.05, 0.1) is 5.52 Å². The number of hydrogen-bond acceptors (Lipinski definition) is 1. The average Bonchev–Trinajstić information content (AvgIpc) is 3.55. The van der Waals surface area contributed by atoms with Gasteiger partial charge in [-0.25, -0.2) is 0 Å². The molecule has 0 saturated heterocycles. The molecule has 6 aromatic carbocycles. The minimum Gasteiger partial charge on any atom is -0.456 e. The van der Waals surface area contributed by atoms with Gasteiger partial charge in [-0.2, -0.15) is 0 Å². The second-order valence-corrected chi connectivity index (χ2v) is 9.87. The summed E-state index contributed by atoms with van der Waals surface area (Å²) < 4.78 is 6.16. The highest BCUT2D eigenvalue weighted by molar-refractivity contribution is 6.13. The van der Waals surface area contributed by atoms with E-state index in [1.165, 1.54) is 38.6 Å². The van der Waals surface area contributed by atoms with E-state index < -0.39 is 0 Å². The van der Waals surface area contributed by atoms with Crippen LogP contribution in [0.3, 0.4) is 0 Å². The number of fused-ring (bicyclic) bond motifs is 6. The number of aromatic nitrogens is 1. The molecule has 2 aromatic heterocycles. The van der Waals surface area contributed by atoms with Gasteiger partial charge in [0, 0.05) is 32.6 Å². The molecule has 2 nitrogen and oxygen atoms in total. The standard InChI is InChI=1S/C36H23NO/c1-2-8-23(9-3-1)25-17-19-33-32(21-25)31-14-7-13-28(36(31)37-33)27-11-6-10-24(20-27)26-16-18-30-29-12-4-5-15-34(29)38-35(30)22-26/h1-22,37H. The number of rotatable bonds is 3. The third-order valence-corrected chi connectivity index (χ3v) is 7.63. The molecular weight excluding hydrogens is 462 g/mol. The van der Waals surface area contributed by atoms with Crippen molar-refractivity contribution < 1.29 is 4.42 Å². The van der Waals surface area contributed by atoms with Gasteiger partial charge in [0.15, 0.2) is 0 Å². The van der Waals surface area contributed by atoms with E-state index >= 15 is 0 Å². The average molecular weight is 486 g/mol. The molecule has 38 heavy (non-hydrogen) atoms. The normalized spacial score (nSPS) is 11.7. The van der Waals surface area contributed by atoms with Crippen molar-refractivity contribution in [1.82, 2.24) is 4.98 Å². The van der Waals surface area contributed by atoms with Crippen molar-refractivity contribution in [3.05, 3.63) is 133 Å². The number of nitrogens with one attached hydrogen (secondary N) is 1. The van der Waals surface area contributed by atoms with Gasteiger partial charge in [-0.15, -0.1) is 0 Å². The highest BCUT2D eigenvalue weighted by Gasteiger charge is 2.13. The van der Waals surface area contributed by atoms with Crippen LogP contribution in [0.5, 0.6) is 0 Å². The SMILES string of the molecule is c1ccc(-c2ccc3[nH]c4c(-c5cccc(-c6ccc7c(c6)oc6ccccc67)c5)cccc4c3c2)cc1. The van der Waals surface area contributed by atoms with Crippen LogP contribution in [0.1, 0.15) is 0 Å². The summed E-state index contributed by atoms with van der Waals surface area (Å²) in [7, 11) is 0. The van der Waals surface area contributed by atoms with Crippen LogP contribution in [-0.2, 0) is 0 Å². The third-order valence-electron chi connectivity index (χ3n) is 7.63. The lowest BCUT2D eigenvalue weighted by molar-refractivity contribution is 0.669. The highest BCUT2D eigenvalue weighted by atomic mass is 16.3. The predicted octanol–water partition coefficient (Wildman–Crippen LogP) is 10.2. The zero-order valence-corrected chi connectivity index (χ0v) is 20.6. The Kier molecular flexibility index (Phi) is 4.55. The van der Waals surface area contributed by atoms with Gasteiger partial charge >= 0.3 is 0 Å². The van der Waals surface area contributed by atoms with Gasteiger partial charge in [-0.05, 0) is 64.2 Å². The summed E-state index contributed by atoms with van der Waals surface area (Å²) in [4.78, 5) is 3.71. The summed E-state index contributed by atoms with van der Waals surface area (Å²) in [6, 6.07) is 47.4. The van der Waals surface area contributed by atoms with E-state index in [1.807, 2.05) is 12.1 Å². The molecule has 0 atom stereocenters. The van der Waals surface area contributed by atoms with E-state index in [9.17, 15) is 0 Å². The van der Waals surface area contributed by atoms with E-state index in [0.29, 0.717) is 0 Å². The summed E-state index contributed by atoms with van der Waals surface area (Å²) in [5, 5.41) is 4.79. The lowest BCUT2D eigenvalue weighted by atomic mass is 9.96. The molecule has 0 fully saturated rings. The van der Waals surface area contributed by atoms with Crippen LogP contribution in [0, 0.1) is 0 Å². The topological polar surface area (TPSA) is 28.9 Å². The minimum atomic E-state index is 0.918. The highest BCUT2D eigenvalue weighted by Crippen LogP contribution is 2.37.